The van der Waals surface area contributed by atoms with Crippen molar-refractivity contribution in [2.75, 3.05) is 29.9 Å². The first-order chi connectivity index (χ1) is 7.74. The highest BCUT2D eigenvalue weighted by molar-refractivity contribution is 6.42. The Labute approximate surface area is 106 Å². The molecule has 1 saturated carbocycles. The molecule has 0 unspecified atom stereocenters. The summed E-state index contributed by atoms with van der Waals surface area (Å²) in [5.41, 5.74) is 2.31. The van der Waals surface area contributed by atoms with Crippen LogP contribution in [0.2, 0.25) is 10.0 Å². The van der Waals surface area contributed by atoms with Crippen LogP contribution in [0.1, 0.15) is 12.8 Å². The van der Waals surface area contributed by atoms with Crippen molar-refractivity contribution in [3.63, 3.8) is 0 Å². The van der Waals surface area contributed by atoms with E-state index in [-0.39, 0.29) is 0 Å². The molecule has 4 heteroatoms. The normalized spacial score (nSPS) is 19.2. The number of halogens is 2. The third kappa shape index (κ3) is 1.96. The zero-order valence-electron chi connectivity index (χ0n) is 8.97. The summed E-state index contributed by atoms with van der Waals surface area (Å²) in [4.78, 5) is 2.42. The SMILES string of the molecule is Clc1cc2c(cc1Cl)N(CC1CC1)CCN2. The molecule has 2 aliphatic rings. The predicted molar refractivity (Wildman–Crippen MR) is 69.9 cm³/mol. The molecular weight excluding hydrogens is 243 g/mol. The summed E-state index contributed by atoms with van der Waals surface area (Å²) in [6, 6.07) is 3.91. The van der Waals surface area contributed by atoms with Gasteiger partial charge in [-0.25, -0.2) is 0 Å². The molecule has 1 aliphatic heterocycles. The number of nitrogens with zero attached hydrogens (tertiary/aromatic N) is 1. The molecular formula is C12H14Cl2N2. The quantitative estimate of drug-likeness (QED) is 0.870. The Morgan fingerprint density at radius 1 is 1.25 bits per heavy atom. The van der Waals surface area contributed by atoms with Crippen molar-refractivity contribution >= 4 is 34.6 Å². The molecule has 1 aliphatic carbocycles. The monoisotopic (exact) mass is 256 g/mol. The van der Waals surface area contributed by atoms with Crippen LogP contribution in [0, 0.1) is 5.92 Å². The van der Waals surface area contributed by atoms with Crippen molar-refractivity contribution < 1.29 is 0 Å². The first-order valence-electron chi connectivity index (χ1n) is 5.72. The first-order valence-corrected chi connectivity index (χ1v) is 6.47. The van der Waals surface area contributed by atoms with Crippen LogP contribution in [0.25, 0.3) is 0 Å². The molecule has 0 saturated heterocycles. The van der Waals surface area contributed by atoms with Crippen LogP contribution in [-0.2, 0) is 0 Å². The molecule has 0 amide bonds. The molecule has 1 N–H and O–H groups in total. The van der Waals surface area contributed by atoms with Gasteiger partial charge in [-0.05, 0) is 30.9 Å². The molecule has 0 spiro atoms. The van der Waals surface area contributed by atoms with E-state index in [4.69, 9.17) is 23.2 Å². The van der Waals surface area contributed by atoms with Gasteiger partial charge in [-0.3, -0.25) is 0 Å². The summed E-state index contributed by atoms with van der Waals surface area (Å²) in [7, 11) is 0. The van der Waals surface area contributed by atoms with Crippen molar-refractivity contribution in [1.29, 1.82) is 0 Å². The standard InChI is InChI=1S/C12H14Cl2N2/c13-9-5-11-12(6-10(9)14)16(4-3-15-11)7-8-1-2-8/h5-6,8,15H,1-4,7H2. The largest absolute Gasteiger partial charge is 0.382 e. The highest BCUT2D eigenvalue weighted by Crippen LogP contribution is 2.39. The van der Waals surface area contributed by atoms with Crippen molar-refractivity contribution in [2.45, 2.75) is 12.8 Å². The topological polar surface area (TPSA) is 15.3 Å². The molecule has 0 bridgehead atoms. The van der Waals surface area contributed by atoms with E-state index in [1.807, 2.05) is 12.1 Å². The van der Waals surface area contributed by atoms with E-state index in [0.717, 1.165) is 31.2 Å². The van der Waals surface area contributed by atoms with Crippen LogP contribution in [0.3, 0.4) is 0 Å². The minimum Gasteiger partial charge on any atom is -0.382 e. The molecule has 1 aromatic rings. The summed E-state index contributed by atoms with van der Waals surface area (Å²) >= 11 is 12.1. The van der Waals surface area contributed by atoms with Crippen LogP contribution in [-0.4, -0.2) is 19.6 Å². The highest BCUT2D eigenvalue weighted by Gasteiger charge is 2.27. The fourth-order valence-corrected chi connectivity index (χ4v) is 2.51. The van der Waals surface area contributed by atoms with Crippen molar-refractivity contribution in [2.24, 2.45) is 5.92 Å². The summed E-state index contributed by atoms with van der Waals surface area (Å²) in [6.45, 7) is 3.20. The van der Waals surface area contributed by atoms with E-state index < -0.39 is 0 Å². The Morgan fingerprint density at radius 2 is 2.00 bits per heavy atom. The number of nitrogens with one attached hydrogen (secondary N) is 1. The molecule has 86 valence electrons. The molecule has 0 radical (unpaired) electrons. The number of benzene rings is 1. The van der Waals surface area contributed by atoms with Gasteiger partial charge in [0.2, 0.25) is 0 Å². The van der Waals surface area contributed by atoms with Gasteiger partial charge in [-0.1, -0.05) is 23.2 Å². The van der Waals surface area contributed by atoms with E-state index in [2.05, 4.69) is 10.2 Å². The van der Waals surface area contributed by atoms with E-state index >= 15 is 0 Å². The van der Waals surface area contributed by atoms with Gasteiger partial charge in [0, 0.05) is 19.6 Å². The summed E-state index contributed by atoms with van der Waals surface area (Å²) in [5.74, 6) is 0.889. The number of hydrogen-bond donors (Lipinski definition) is 1. The smallest absolute Gasteiger partial charge is 0.0618 e. The number of rotatable bonds is 2. The molecule has 1 heterocycles. The van der Waals surface area contributed by atoms with Crippen molar-refractivity contribution in [1.82, 2.24) is 0 Å². The van der Waals surface area contributed by atoms with Crippen LogP contribution in [0.5, 0.6) is 0 Å². The zero-order chi connectivity index (χ0) is 11.1. The van der Waals surface area contributed by atoms with E-state index in [9.17, 15) is 0 Å². The van der Waals surface area contributed by atoms with Crippen molar-refractivity contribution in [3.8, 4) is 0 Å². The Balaban J connectivity index is 1.93. The van der Waals surface area contributed by atoms with Gasteiger partial charge in [0.15, 0.2) is 0 Å². The van der Waals surface area contributed by atoms with Gasteiger partial charge < -0.3 is 10.2 Å². The molecule has 16 heavy (non-hydrogen) atoms. The summed E-state index contributed by atoms with van der Waals surface area (Å²) < 4.78 is 0. The Morgan fingerprint density at radius 3 is 2.75 bits per heavy atom. The number of anilines is 2. The lowest BCUT2D eigenvalue weighted by atomic mass is 10.2. The maximum absolute atomic E-state index is 6.08. The Bertz CT molecular complexity index is 416. The highest BCUT2D eigenvalue weighted by atomic mass is 35.5. The van der Waals surface area contributed by atoms with E-state index in [1.165, 1.54) is 18.5 Å². The number of hydrogen-bond acceptors (Lipinski definition) is 2. The fourth-order valence-electron chi connectivity index (χ4n) is 2.19. The predicted octanol–water partition coefficient (Wildman–Crippen LogP) is 3.64. The molecule has 0 atom stereocenters. The second-order valence-corrected chi connectivity index (χ2v) is 5.41. The average molecular weight is 257 g/mol. The summed E-state index contributed by atoms with van der Waals surface area (Å²) in [5, 5.41) is 4.64. The van der Waals surface area contributed by atoms with Crippen LogP contribution in [0.15, 0.2) is 12.1 Å². The van der Waals surface area contributed by atoms with Gasteiger partial charge in [0.05, 0.1) is 21.4 Å². The fraction of sp³-hybridized carbons (Fsp3) is 0.500. The minimum atomic E-state index is 0.626. The third-order valence-electron chi connectivity index (χ3n) is 3.25. The van der Waals surface area contributed by atoms with Gasteiger partial charge in [-0.2, -0.15) is 0 Å². The first kappa shape index (κ1) is 10.5. The van der Waals surface area contributed by atoms with E-state index in [1.54, 1.807) is 0 Å². The second kappa shape index (κ2) is 4.01. The van der Waals surface area contributed by atoms with Gasteiger partial charge >= 0.3 is 0 Å². The zero-order valence-corrected chi connectivity index (χ0v) is 10.5. The lowest BCUT2D eigenvalue weighted by molar-refractivity contribution is 0.719. The van der Waals surface area contributed by atoms with Crippen LogP contribution >= 0.6 is 23.2 Å². The van der Waals surface area contributed by atoms with Crippen LogP contribution < -0.4 is 10.2 Å². The maximum Gasteiger partial charge on any atom is 0.0618 e. The summed E-state index contributed by atoms with van der Waals surface area (Å²) in [6.07, 6.45) is 2.75. The minimum absolute atomic E-state index is 0.626. The average Bonchev–Trinajstić information content (AvgIpc) is 3.05. The second-order valence-electron chi connectivity index (χ2n) is 4.60. The molecule has 0 aromatic heterocycles. The van der Waals surface area contributed by atoms with Crippen LogP contribution in [0.4, 0.5) is 11.4 Å². The Hall–Kier alpha value is -0.600. The van der Waals surface area contributed by atoms with Gasteiger partial charge in [0.1, 0.15) is 0 Å². The molecule has 1 aromatic carbocycles. The Kier molecular flexibility index (Phi) is 2.64. The maximum atomic E-state index is 6.08. The van der Waals surface area contributed by atoms with E-state index in [0.29, 0.717) is 10.0 Å². The third-order valence-corrected chi connectivity index (χ3v) is 3.97. The van der Waals surface area contributed by atoms with Crippen molar-refractivity contribution in [3.05, 3.63) is 22.2 Å². The molecule has 3 rings (SSSR count). The van der Waals surface area contributed by atoms with Gasteiger partial charge in [-0.15, -0.1) is 0 Å². The van der Waals surface area contributed by atoms with Gasteiger partial charge in [0.25, 0.3) is 0 Å². The lowest BCUT2D eigenvalue weighted by Crippen LogP contribution is -2.35. The number of fused-ring (bicyclic) bond motifs is 1. The molecule has 2 nitrogen and oxygen atoms in total. The molecule has 1 fully saturated rings. The lowest BCUT2D eigenvalue weighted by Gasteiger charge is -2.32.